The lowest BCUT2D eigenvalue weighted by Gasteiger charge is -2.03. The molecule has 0 spiro atoms. The maximum atomic E-state index is 8.52. The van der Waals surface area contributed by atoms with Crippen LogP contribution < -0.4 is 0 Å². The molecule has 0 aliphatic rings. The Balaban J connectivity index is 3.55. The van der Waals surface area contributed by atoms with Gasteiger partial charge in [0.1, 0.15) is 0 Å². The van der Waals surface area contributed by atoms with Gasteiger partial charge in [-0.25, -0.2) is 0 Å². The van der Waals surface area contributed by atoms with Crippen LogP contribution in [-0.4, -0.2) is 10.2 Å². The van der Waals surface area contributed by atoms with Crippen molar-refractivity contribution in [2.24, 2.45) is 0 Å². The van der Waals surface area contributed by atoms with Gasteiger partial charge in [-0.2, -0.15) is 0 Å². The van der Waals surface area contributed by atoms with Crippen LogP contribution in [0.1, 0.15) is 0 Å². The van der Waals surface area contributed by atoms with Crippen molar-refractivity contribution >= 4 is 18.5 Å². The minimum Gasteiger partial charge on any atom is -0.371 e. The van der Waals surface area contributed by atoms with Crippen LogP contribution in [0.5, 0.6) is 0 Å². The minimum absolute atomic E-state index is 1.10. The zero-order valence-electron chi connectivity index (χ0n) is 3.18. The molecule has 0 saturated carbocycles. The SMILES string of the molecule is C#CC(O)(P)P. The van der Waals surface area contributed by atoms with E-state index in [1.165, 1.54) is 0 Å². The lowest BCUT2D eigenvalue weighted by Crippen LogP contribution is -2.02. The zero-order valence-corrected chi connectivity index (χ0v) is 5.49. The Morgan fingerprint density at radius 2 is 1.83 bits per heavy atom. The molecule has 0 heterocycles. The first-order chi connectivity index (χ1) is 2.56. The average Bonchev–Trinajstić information content (AvgIpc) is 1.35. The number of rotatable bonds is 0. The highest BCUT2D eigenvalue weighted by atomic mass is 31.1. The first kappa shape index (κ1) is 6.38. The third-order valence-electron chi connectivity index (χ3n) is 0.231. The third kappa shape index (κ3) is 4.38. The average molecular weight is 120 g/mol. The quantitative estimate of drug-likeness (QED) is 0.353. The number of terminal acetylenes is 1. The Morgan fingerprint density at radius 1 is 1.67 bits per heavy atom. The Bertz CT molecular complexity index is 75.8. The smallest absolute Gasteiger partial charge is 0.150 e. The monoisotopic (exact) mass is 120 g/mol. The number of hydrogen-bond donors (Lipinski definition) is 1. The summed E-state index contributed by atoms with van der Waals surface area (Å²) in [5.74, 6) is 2.09. The predicted molar refractivity (Wildman–Crippen MR) is 33.2 cm³/mol. The van der Waals surface area contributed by atoms with E-state index >= 15 is 0 Å². The molecule has 1 nitrogen and oxygen atoms in total. The highest BCUT2D eigenvalue weighted by Crippen LogP contribution is 2.19. The Hall–Kier alpha value is 0.380. The van der Waals surface area contributed by atoms with Crippen LogP contribution in [0, 0.1) is 12.3 Å². The summed E-state index contributed by atoms with van der Waals surface area (Å²) in [6.45, 7) is 0. The molecule has 3 heteroatoms. The van der Waals surface area contributed by atoms with Crippen LogP contribution in [0.15, 0.2) is 0 Å². The van der Waals surface area contributed by atoms with Gasteiger partial charge < -0.3 is 5.11 Å². The second-order valence-corrected chi connectivity index (χ2v) is 3.40. The van der Waals surface area contributed by atoms with Crippen LogP contribution in [0.25, 0.3) is 0 Å². The topological polar surface area (TPSA) is 20.2 Å². The van der Waals surface area contributed by atoms with E-state index < -0.39 is 5.08 Å². The summed E-state index contributed by atoms with van der Waals surface area (Å²) >= 11 is 0. The molecule has 0 radical (unpaired) electrons. The van der Waals surface area contributed by atoms with Crippen molar-refractivity contribution in [3.05, 3.63) is 0 Å². The van der Waals surface area contributed by atoms with Crippen LogP contribution in [0.3, 0.4) is 0 Å². The Kier molecular flexibility index (Phi) is 2.02. The van der Waals surface area contributed by atoms with Crippen molar-refractivity contribution in [1.29, 1.82) is 0 Å². The van der Waals surface area contributed by atoms with Crippen molar-refractivity contribution in [3.8, 4) is 12.3 Å². The molecule has 2 atom stereocenters. The van der Waals surface area contributed by atoms with Crippen molar-refractivity contribution in [2.45, 2.75) is 5.08 Å². The summed E-state index contributed by atoms with van der Waals surface area (Å²) in [6.07, 6.45) is 4.76. The molecule has 0 aromatic carbocycles. The fraction of sp³-hybridized carbons (Fsp3) is 0.333. The fourth-order valence-corrected chi connectivity index (χ4v) is 0. The van der Waals surface area contributed by atoms with Gasteiger partial charge >= 0.3 is 0 Å². The standard InChI is InChI=1S/C3H6OP2/c1-2-3(4,5)6/h1,4H,5-6H2. The molecule has 0 saturated heterocycles. The van der Waals surface area contributed by atoms with Gasteiger partial charge in [-0.05, 0) is 0 Å². The van der Waals surface area contributed by atoms with Crippen molar-refractivity contribution in [1.82, 2.24) is 0 Å². The molecule has 2 unspecified atom stereocenters. The molecule has 0 aliphatic carbocycles. The summed E-state index contributed by atoms with van der Waals surface area (Å²) in [7, 11) is 4.15. The zero-order chi connectivity index (χ0) is 5.21. The predicted octanol–water partition coefficient (Wildman–Crippen LogP) is 0.0159. The van der Waals surface area contributed by atoms with Crippen LogP contribution >= 0.6 is 18.5 Å². The molecule has 0 aliphatic heterocycles. The van der Waals surface area contributed by atoms with Gasteiger partial charge in [0.25, 0.3) is 0 Å². The van der Waals surface area contributed by atoms with E-state index in [1.54, 1.807) is 0 Å². The van der Waals surface area contributed by atoms with Gasteiger partial charge in [-0.1, -0.05) is 24.4 Å². The lowest BCUT2D eigenvalue weighted by molar-refractivity contribution is 0.286. The normalized spacial score (nSPS) is 10.3. The second-order valence-electron chi connectivity index (χ2n) is 0.970. The summed E-state index contributed by atoms with van der Waals surface area (Å²) in [6, 6.07) is 0. The minimum atomic E-state index is -1.10. The third-order valence-corrected chi connectivity index (χ3v) is 0.565. The summed E-state index contributed by atoms with van der Waals surface area (Å²) in [5.41, 5.74) is 0. The molecular weight excluding hydrogens is 114 g/mol. The van der Waals surface area contributed by atoms with E-state index in [1.807, 2.05) is 0 Å². The highest BCUT2D eigenvalue weighted by Gasteiger charge is 2.03. The first-order valence-electron chi connectivity index (χ1n) is 1.34. The highest BCUT2D eigenvalue weighted by molar-refractivity contribution is 7.40. The Morgan fingerprint density at radius 3 is 1.83 bits per heavy atom. The van der Waals surface area contributed by atoms with E-state index in [4.69, 9.17) is 11.5 Å². The van der Waals surface area contributed by atoms with Gasteiger partial charge in [0, 0.05) is 0 Å². The number of aliphatic hydroxyl groups is 1. The largest absolute Gasteiger partial charge is 0.371 e. The molecule has 0 amide bonds. The maximum Gasteiger partial charge on any atom is 0.150 e. The van der Waals surface area contributed by atoms with Gasteiger partial charge in [0.2, 0.25) is 0 Å². The molecule has 34 valence electrons. The van der Waals surface area contributed by atoms with E-state index in [2.05, 4.69) is 24.4 Å². The van der Waals surface area contributed by atoms with Crippen LogP contribution in [0.2, 0.25) is 0 Å². The van der Waals surface area contributed by atoms with Crippen molar-refractivity contribution < 1.29 is 5.11 Å². The second kappa shape index (κ2) is 1.90. The first-order valence-corrected chi connectivity index (χ1v) is 2.49. The van der Waals surface area contributed by atoms with Crippen molar-refractivity contribution in [3.63, 3.8) is 0 Å². The molecule has 0 bridgehead atoms. The van der Waals surface area contributed by atoms with E-state index in [9.17, 15) is 0 Å². The molecule has 0 rings (SSSR count). The van der Waals surface area contributed by atoms with Gasteiger partial charge in [-0.15, -0.1) is 6.42 Å². The van der Waals surface area contributed by atoms with Gasteiger partial charge in [-0.3, -0.25) is 0 Å². The van der Waals surface area contributed by atoms with E-state index in [0.717, 1.165) is 0 Å². The van der Waals surface area contributed by atoms with Gasteiger partial charge in [0.15, 0.2) is 5.08 Å². The van der Waals surface area contributed by atoms with E-state index in [0.29, 0.717) is 0 Å². The molecular formula is C3H6OP2. The molecule has 0 aromatic rings. The van der Waals surface area contributed by atoms with Crippen LogP contribution in [0.4, 0.5) is 0 Å². The summed E-state index contributed by atoms with van der Waals surface area (Å²) in [4.78, 5) is 0. The van der Waals surface area contributed by atoms with E-state index in [-0.39, 0.29) is 0 Å². The lowest BCUT2D eigenvalue weighted by atomic mass is 10.7. The summed E-state index contributed by atoms with van der Waals surface area (Å²) in [5, 5.41) is 7.42. The molecule has 0 fully saturated rings. The van der Waals surface area contributed by atoms with Gasteiger partial charge in [0.05, 0.1) is 0 Å². The molecule has 1 N–H and O–H groups in total. The summed E-state index contributed by atoms with van der Waals surface area (Å²) < 4.78 is 0. The fourth-order valence-electron chi connectivity index (χ4n) is 0. The maximum absolute atomic E-state index is 8.52. The Labute approximate surface area is 41.9 Å². The van der Waals surface area contributed by atoms with Crippen molar-refractivity contribution in [2.75, 3.05) is 0 Å². The van der Waals surface area contributed by atoms with Crippen LogP contribution in [-0.2, 0) is 0 Å². The molecule has 6 heavy (non-hydrogen) atoms. The molecule has 0 aromatic heterocycles. The number of hydrogen-bond acceptors (Lipinski definition) is 1.